The van der Waals surface area contributed by atoms with Gasteiger partial charge in [-0.1, -0.05) is 13.8 Å². The lowest BCUT2D eigenvalue weighted by molar-refractivity contribution is -0.141. The molecule has 0 atom stereocenters. The highest BCUT2D eigenvalue weighted by atomic mass is 16.5. The summed E-state index contributed by atoms with van der Waals surface area (Å²) in [7, 11) is 2.98. The Morgan fingerprint density at radius 2 is 2.09 bits per heavy atom. The summed E-state index contributed by atoms with van der Waals surface area (Å²) in [6, 6.07) is 0. The molecular formula is C7H16N2O2. The third-order valence-corrected chi connectivity index (χ3v) is 0.827. The number of hydrogen-bond donors (Lipinski definition) is 0. The molecule has 0 spiro atoms. The van der Waals surface area contributed by atoms with Crippen LogP contribution in [-0.2, 0) is 9.53 Å². The van der Waals surface area contributed by atoms with Gasteiger partial charge in [0.05, 0.1) is 7.11 Å². The van der Waals surface area contributed by atoms with Crippen molar-refractivity contribution in [3.05, 3.63) is 0 Å². The number of hydrogen-bond acceptors (Lipinski definition) is 4. The Bertz CT molecular complexity index is 115. The largest absolute Gasteiger partial charge is 0.468 e. The fourth-order valence-electron chi connectivity index (χ4n) is 0.301. The summed E-state index contributed by atoms with van der Waals surface area (Å²) >= 11 is 0. The highest BCUT2D eigenvalue weighted by Crippen LogP contribution is 1.81. The lowest BCUT2D eigenvalue weighted by Crippen LogP contribution is -2.21. The summed E-state index contributed by atoms with van der Waals surface area (Å²) < 4.78 is 4.35. The van der Waals surface area contributed by atoms with Gasteiger partial charge < -0.3 is 4.74 Å². The van der Waals surface area contributed by atoms with Crippen molar-refractivity contribution in [2.75, 3.05) is 20.7 Å². The van der Waals surface area contributed by atoms with Gasteiger partial charge in [-0.25, -0.2) is 0 Å². The minimum atomic E-state index is -0.315. The topological polar surface area (TPSA) is 41.9 Å². The van der Waals surface area contributed by atoms with E-state index in [9.17, 15) is 4.79 Å². The molecule has 0 heterocycles. The average Bonchev–Trinajstić information content (AvgIpc) is 2.07. The van der Waals surface area contributed by atoms with Gasteiger partial charge in [-0.05, 0) is 0 Å². The zero-order valence-electron chi connectivity index (χ0n) is 7.63. The molecule has 0 fully saturated rings. The number of hydrazone groups is 1. The molecule has 0 saturated heterocycles. The molecule has 4 nitrogen and oxygen atoms in total. The number of likely N-dealkylation sites (N-methyl/N-ethyl adjacent to an activating group) is 1. The van der Waals surface area contributed by atoms with Gasteiger partial charge in [0.15, 0.2) is 0 Å². The zero-order chi connectivity index (χ0) is 9.28. The standard InChI is InChI=1S/C5H10N2O2.C2H6/c1-6-7(2)4-5(8)9-3;1-2/h1,4H2,2-3H3;1-2H3. The van der Waals surface area contributed by atoms with Gasteiger partial charge in [-0.15, -0.1) is 0 Å². The molecule has 11 heavy (non-hydrogen) atoms. The molecule has 0 aliphatic carbocycles. The molecular weight excluding hydrogens is 144 g/mol. The third kappa shape index (κ3) is 8.94. The van der Waals surface area contributed by atoms with Crippen molar-refractivity contribution in [3.8, 4) is 0 Å². The number of ether oxygens (including phenoxy) is 1. The van der Waals surface area contributed by atoms with Gasteiger partial charge in [-0.3, -0.25) is 9.80 Å². The van der Waals surface area contributed by atoms with Crippen LogP contribution >= 0.6 is 0 Å². The summed E-state index contributed by atoms with van der Waals surface area (Å²) in [5.74, 6) is -0.315. The van der Waals surface area contributed by atoms with Crippen molar-refractivity contribution in [1.82, 2.24) is 5.01 Å². The van der Waals surface area contributed by atoms with E-state index in [2.05, 4.69) is 16.6 Å². The van der Waals surface area contributed by atoms with E-state index in [0.29, 0.717) is 0 Å². The van der Waals surface area contributed by atoms with Crippen LogP contribution in [0.4, 0.5) is 0 Å². The molecule has 4 heteroatoms. The van der Waals surface area contributed by atoms with Crippen LogP contribution in [0.3, 0.4) is 0 Å². The van der Waals surface area contributed by atoms with Gasteiger partial charge >= 0.3 is 5.97 Å². The van der Waals surface area contributed by atoms with Gasteiger partial charge in [-0.2, -0.15) is 5.10 Å². The van der Waals surface area contributed by atoms with E-state index in [1.54, 1.807) is 7.05 Å². The van der Waals surface area contributed by atoms with Crippen LogP contribution in [0.1, 0.15) is 13.8 Å². The average molecular weight is 160 g/mol. The number of methoxy groups -OCH3 is 1. The molecule has 0 N–H and O–H groups in total. The molecule has 0 aromatic carbocycles. The molecule has 0 bridgehead atoms. The van der Waals surface area contributed by atoms with E-state index < -0.39 is 0 Å². The Balaban J connectivity index is 0. The Morgan fingerprint density at radius 3 is 2.36 bits per heavy atom. The molecule has 66 valence electrons. The van der Waals surface area contributed by atoms with E-state index in [0.717, 1.165) is 0 Å². The van der Waals surface area contributed by atoms with Crippen molar-refractivity contribution in [3.63, 3.8) is 0 Å². The number of rotatable bonds is 3. The molecule has 0 saturated carbocycles. The summed E-state index contributed by atoms with van der Waals surface area (Å²) in [5.41, 5.74) is 0. The maximum absolute atomic E-state index is 10.4. The minimum Gasteiger partial charge on any atom is -0.468 e. The molecule has 0 amide bonds. The normalized spacial score (nSPS) is 7.27. The van der Waals surface area contributed by atoms with Crippen molar-refractivity contribution >= 4 is 12.7 Å². The predicted octanol–water partition coefficient (Wildman–Crippen LogP) is 0.733. The van der Waals surface area contributed by atoms with Crippen molar-refractivity contribution < 1.29 is 9.53 Å². The lowest BCUT2D eigenvalue weighted by Gasteiger charge is -2.08. The smallest absolute Gasteiger partial charge is 0.327 e. The first-order chi connectivity index (χ1) is 5.20. The van der Waals surface area contributed by atoms with Gasteiger partial charge in [0.1, 0.15) is 6.54 Å². The maximum atomic E-state index is 10.4. The van der Waals surface area contributed by atoms with Gasteiger partial charge in [0.2, 0.25) is 0 Å². The predicted molar refractivity (Wildman–Crippen MR) is 45.5 cm³/mol. The molecule has 0 aliphatic rings. The Labute approximate surface area is 67.8 Å². The Kier molecular flexibility index (Phi) is 10.2. The van der Waals surface area contributed by atoms with Crippen molar-refractivity contribution in [2.45, 2.75) is 13.8 Å². The minimum absolute atomic E-state index is 0.153. The van der Waals surface area contributed by atoms with Crippen molar-refractivity contribution in [1.29, 1.82) is 0 Å². The highest BCUT2D eigenvalue weighted by Gasteiger charge is 2.00. The monoisotopic (exact) mass is 160 g/mol. The van der Waals surface area contributed by atoms with E-state index in [1.165, 1.54) is 12.1 Å². The summed E-state index contributed by atoms with van der Waals surface area (Å²) in [5, 5.41) is 4.85. The first-order valence-corrected chi connectivity index (χ1v) is 3.45. The van der Waals surface area contributed by atoms with Crippen LogP contribution in [0.25, 0.3) is 0 Å². The first kappa shape index (κ1) is 12.6. The van der Waals surface area contributed by atoms with Crippen LogP contribution in [0.5, 0.6) is 0 Å². The summed E-state index contributed by atoms with van der Waals surface area (Å²) in [6.07, 6.45) is 0. The second-order valence-corrected chi connectivity index (χ2v) is 1.53. The maximum Gasteiger partial charge on any atom is 0.327 e. The molecule has 0 radical (unpaired) electrons. The lowest BCUT2D eigenvalue weighted by atomic mass is 10.6. The van der Waals surface area contributed by atoms with E-state index in [1.807, 2.05) is 13.8 Å². The van der Waals surface area contributed by atoms with Crippen LogP contribution in [0.15, 0.2) is 5.10 Å². The van der Waals surface area contributed by atoms with E-state index in [4.69, 9.17) is 0 Å². The molecule has 0 aromatic heterocycles. The van der Waals surface area contributed by atoms with E-state index >= 15 is 0 Å². The van der Waals surface area contributed by atoms with Crippen LogP contribution in [0, 0.1) is 0 Å². The summed E-state index contributed by atoms with van der Waals surface area (Å²) in [4.78, 5) is 10.4. The number of carbonyl (C=O) groups is 1. The summed E-state index contributed by atoms with van der Waals surface area (Å²) in [6.45, 7) is 7.37. The quantitative estimate of drug-likeness (QED) is 0.347. The first-order valence-electron chi connectivity index (χ1n) is 3.45. The van der Waals surface area contributed by atoms with Gasteiger partial charge in [0, 0.05) is 13.8 Å². The molecule has 0 unspecified atom stereocenters. The van der Waals surface area contributed by atoms with Crippen LogP contribution in [-0.4, -0.2) is 38.4 Å². The SMILES string of the molecule is C=NN(C)CC(=O)OC.CC. The second-order valence-electron chi connectivity index (χ2n) is 1.53. The van der Waals surface area contributed by atoms with Crippen molar-refractivity contribution in [2.24, 2.45) is 5.10 Å². The van der Waals surface area contributed by atoms with Crippen LogP contribution < -0.4 is 0 Å². The third-order valence-electron chi connectivity index (χ3n) is 0.827. The number of esters is 1. The number of carbonyl (C=O) groups excluding carboxylic acids is 1. The molecule has 0 rings (SSSR count). The van der Waals surface area contributed by atoms with Gasteiger partial charge in [0.25, 0.3) is 0 Å². The second kappa shape index (κ2) is 8.94. The molecule has 0 aliphatic heterocycles. The Hall–Kier alpha value is -1.06. The molecule has 0 aromatic rings. The Morgan fingerprint density at radius 1 is 1.64 bits per heavy atom. The van der Waals surface area contributed by atoms with E-state index in [-0.39, 0.29) is 12.5 Å². The fraction of sp³-hybridized carbons (Fsp3) is 0.714. The number of nitrogens with zero attached hydrogens (tertiary/aromatic N) is 2. The zero-order valence-corrected chi connectivity index (χ0v) is 7.63. The fourth-order valence-corrected chi connectivity index (χ4v) is 0.301. The van der Waals surface area contributed by atoms with Crippen LogP contribution in [0.2, 0.25) is 0 Å². The highest BCUT2D eigenvalue weighted by molar-refractivity contribution is 5.71.